The second kappa shape index (κ2) is 8.00. The Hall–Kier alpha value is -3.27. The first-order chi connectivity index (χ1) is 13.7. The van der Waals surface area contributed by atoms with E-state index in [0.29, 0.717) is 5.56 Å². The number of hydrogen-bond donors (Lipinski definition) is 1. The van der Waals surface area contributed by atoms with E-state index >= 15 is 0 Å². The molecule has 0 aliphatic carbocycles. The fraction of sp³-hybridized carbons (Fsp3) is 0.263. The average Bonchev–Trinajstić information content (AvgIpc) is 3.08. The monoisotopic (exact) mass is 415 g/mol. The largest absolute Gasteiger partial charge is 0.370 e. The lowest BCUT2D eigenvalue weighted by molar-refractivity contribution is -0.118. The zero-order chi connectivity index (χ0) is 21.2. The first kappa shape index (κ1) is 20.5. The maximum atomic E-state index is 12.6. The van der Waals surface area contributed by atoms with Gasteiger partial charge in [0.2, 0.25) is 5.91 Å². The highest BCUT2D eigenvalue weighted by molar-refractivity contribution is 7.90. The molecule has 0 bridgehead atoms. The van der Waals surface area contributed by atoms with Crippen LogP contribution in [0.25, 0.3) is 16.8 Å². The first-order valence-corrected chi connectivity index (χ1v) is 10.8. The zero-order valence-electron chi connectivity index (χ0n) is 16.0. The summed E-state index contributed by atoms with van der Waals surface area (Å²) in [5.41, 5.74) is 6.99. The van der Waals surface area contributed by atoms with Gasteiger partial charge in [0.05, 0.1) is 0 Å². The number of sulfone groups is 1. The van der Waals surface area contributed by atoms with Crippen LogP contribution in [-0.2, 0) is 14.6 Å². The molecule has 1 unspecified atom stereocenters. The third-order valence-corrected chi connectivity index (χ3v) is 6.04. The first-order valence-electron chi connectivity index (χ1n) is 8.83. The Balaban J connectivity index is 1.91. The summed E-state index contributed by atoms with van der Waals surface area (Å²) in [5, 5.41) is 6.66. The van der Waals surface area contributed by atoms with Crippen LogP contribution in [0.4, 0.5) is 0 Å². The Kier molecular flexibility index (Phi) is 5.64. The third-order valence-electron chi connectivity index (χ3n) is 4.59. The van der Waals surface area contributed by atoms with Crippen molar-refractivity contribution in [3.63, 3.8) is 0 Å². The van der Waals surface area contributed by atoms with E-state index in [1.54, 1.807) is 12.4 Å². The summed E-state index contributed by atoms with van der Waals surface area (Å²) < 4.78 is 27.2. The molecule has 1 atom stereocenters. The van der Waals surface area contributed by atoms with E-state index in [1.165, 1.54) is 12.3 Å². The van der Waals surface area contributed by atoms with Gasteiger partial charge < -0.3 is 5.73 Å². The second-order valence-electron chi connectivity index (χ2n) is 6.75. The SMILES string of the molecule is Cc1nncn1-c1ccc(-c2ccn(C(CCC(N)=O)S(C)(=O)=O)c(=O)c2)cc1. The Bertz CT molecular complexity index is 1200. The standard InChI is InChI=1S/C19H21N5O4S/c1-13-22-21-12-24(13)16-5-3-14(4-6-16)15-9-10-23(18(26)11-15)19(29(2,27)28)8-7-17(20)25/h3-6,9-12,19H,7-8H2,1-2H3,(H2,20,25). The smallest absolute Gasteiger partial charge is 0.252 e. The molecule has 0 saturated heterocycles. The molecule has 3 aromatic rings. The van der Waals surface area contributed by atoms with Crippen molar-refractivity contribution in [2.75, 3.05) is 6.26 Å². The van der Waals surface area contributed by atoms with Gasteiger partial charge in [-0.25, -0.2) is 8.42 Å². The van der Waals surface area contributed by atoms with Gasteiger partial charge in [-0.05, 0) is 42.7 Å². The maximum absolute atomic E-state index is 12.6. The normalized spacial score (nSPS) is 12.6. The molecular formula is C19H21N5O4S. The fourth-order valence-electron chi connectivity index (χ4n) is 3.09. The van der Waals surface area contributed by atoms with Crippen molar-refractivity contribution in [2.24, 2.45) is 5.73 Å². The molecule has 0 aliphatic heterocycles. The number of benzene rings is 1. The predicted molar refractivity (Wildman–Crippen MR) is 108 cm³/mol. The van der Waals surface area contributed by atoms with Crippen LogP contribution in [0, 0.1) is 6.92 Å². The average molecular weight is 415 g/mol. The number of carbonyl (C=O) groups excluding carboxylic acids is 1. The molecule has 2 heterocycles. The van der Waals surface area contributed by atoms with E-state index in [-0.39, 0.29) is 12.8 Å². The van der Waals surface area contributed by atoms with Crippen LogP contribution in [0.3, 0.4) is 0 Å². The maximum Gasteiger partial charge on any atom is 0.252 e. The highest BCUT2D eigenvalue weighted by atomic mass is 32.2. The summed E-state index contributed by atoms with van der Waals surface area (Å²) in [7, 11) is -3.61. The number of nitrogens with two attached hydrogens (primary N) is 1. The lowest BCUT2D eigenvalue weighted by atomic mass is 10.1. The number of amides is 1. The number of pyridine rings is 1. The van der Waals surface area contributed by atoms with Crippen LogP contribution in [0.2, 0.25) is 0 Å². The lowest BCUT2D eigenvalue weighted by Crippen LogP contribution is -2.29. The molecule has 1 aromatic carbocycles. The van der Waals surface area contributed by atoms with E-state index in [4.69, 9.17) is 5.73 Å². The highest BCUT2D eigenvalue weighted by Crippen LogP contribution is 2.23. The number of hydrogen-bond acceptors (Lipinski definition) is 6. The number of carbonyl (C=O) groups is 1. The summed E-state index contributed by atoms with van der Waals surface area (Å²) in [5.74, 6) is 0.134. The van der Waals surface area contributed by atoms with Crippen molar-refractivity contribution < 1.29 is 13.2 Å². The Morgan fingerprint density at radius 1 is 1.17 bits per heavy atom. The summed E-state index contributed by atoms with van der Waals surface area (Å²) in [6.07, 6.45) is 3.90. The Labute approximate surface area is 167 Å². The van der Waals surface area contributed by atoms with Crippen molar-refractivity contribution in [3.8, 4) is 16.8 Å². The summed E-state index contributed by atoms with van der Waals surface area (Å²) >= 11 is 0. The highest BCUT2D eigenvalue weighted by Gasteiger charge is 2.24. The Morgan fingerprint density at radius 3 is 2.38 bits per heavy atom. The molecule has 152 valence electrons. The summed E-state index contributed by atoms with van der Waals surface area (Å²) in [6, 6.07) is 10.5. The van der Waals surface area contributed by atoms with Crippen LogP contribution in [-0.4, -0.2) is 39.9 Å². The van der Waals surface area contributed by atoms with Gasteiger partial charge in [-0.3, -0.25) is 18.7 Å². The van der Waals surface area contributed by atoms with Gasteiger partial charge in [0.15, 0.2) is 9.84 Å². The number of aromatic nitrogens is 4. The van der Waals surface area contributed by atoms with Gasteiger partial charge in [-0.15, -0.1) is 10.2 Å². The summed E-state index contributed by atoms with van der Waals surface area (Å²) in [4.78, 5) is 23.7. The predicted octanol–water partition coefficient (Wildman–Crippen LogP) is 1.21. The molecule has 10 heteroatoms. The van der Waals surface area contributed by atoms with Crippen molar-refractivity contribution in [1.82, 2.24) is 19.3 Å². The molecule has 2 N–H and O–H groups in total. The number of aryl methyl sites for hydroxylation is 1. The minimum absolute atomic E-state index is 0.0551. The van der Waals surface area contributed by atoms with E-state index in [0.717, 1.165) is 27.9 Å². The van der Waals surface area contributed by atoms with Gasteiger partial charge >= 0.3 is 0 Å². The molecule has 0 aliphatic rings. The van der Waals surface area contributed by atoms with Gasteiger partial charge in [-0.1, -0.05) is 12.1 Å². The van der Waals surface area contributed by atoms with Gasteiger partial charge in [0.25, 0.3) is 5.56 Å². The molecular weight excluding hydrogens is 394 g/mol. The minimum Gasteiger partial charge on any atom is -0.370 e. The van der Waals surface area contributed by atoms with E-state index < -0.39 is 26.7 Å². The van der Waals surface area contributed by atoms with Crippen molar-refractivity contribution in [2.45, 2.75) is 25.1 Å². The molecule has 0 saturated carbocycles. The van der Waals surface area contributed by atoms with Crippen LogP contribution < -0.4 is 11.3 Å². The van der Waals surface area contributed by atoms with Crippen LogP contribution in [0.15, 0.2) is 53.7 Å². The van der Waals surface area contributed by atoms with Crippen LogP contribution in [0.1, 0.15) is 24.0 Å². The topological polar surface area (TPSA) is 130 Å². The van der Waals surface area contributed by atoms with Gasteiger partial charge in [-0.2, -0.15) is 0 Å². The number of primary amides is 1. The molecule has 29 heavy (non-hydrogen) atoms. The van der Waals surface area contributed by atoms with Crippen LogP contribution in [0.5, 0.6) is 0 Å². The second-order valence-corrected chi connectivity index (χ2v) is 8.95. The molecule has 0 spiro atoms. The van der Waals surface area contributed by atoms with E-state index in [2.05, 4.69) is 10.2 Å². The molecule has 9 nitrogen and oxygen atoms in total. The van der Waals surface area contributed by atoms with Gasteiger partial charge in [0, 0.05) is 30.6 Å². The van der Waals surface area contributed by atoms with Crippen LogP contribution >= 0.6 is 0 Å². The summed E-state index contributed by atoms with van der Waals surface area (Å²) in [6.45, 7) is 1.84. The zero-order valence-corrected chi connectivity index (χ0v) is 16.8. The van der Waals surface area contributed by atoms with Crippen molar-refractivity contribution >= 4 is 15.7 Å². The minimum atomic E-state index is -3.61. The molecule has 0 radical (unpaired) electrons. The fourth-order valence-corrected chi connectivity index (χ4v) is 4.23. The molecule has 0 fully saturated rings. The molecule has 1 amide bonds. The molecule has 2 aromatic heterocycles. The van der Waals surface area contributed by atoms with Crippen molar-refractivity contribution in [1.29, 1.82) is 0 Å². The van der Waals surface area contributed by atoms with Crippen molar-refractivity contribution in [3.05, 3.63) is 65.1 Å². The van der Waals surface area contributed by atoms with E-state index in [9.17, 15) is 18.0 Å². The number of rotatable bonds is 7. The third kappa shape index (κ3) is 4.60. The lowest BCUT2D eigenvalue weighted by Gasteiger charge is -2.18. The Morgan fingerprint density at radius 2 is 1.86 bits per heavy atom. The number of nitrogens with zero attached hydrogens (tertiary/aromatic N) is 4. The molecule has 3 rings (SSSR count). The quantitative estimate of drug-likeness (QED) is 0.617. The van der Waals surface area contributed by atoms with E-state index in [1.807, 2.05) is 35.8 Å². The van der Waals surface area contributed by atoms with Gasteiger partial charge in [0.1, 0.15) is 17.5 Å².